The van der Waals surface area contributed by atoms with Crippen LogP contribution in [0.2, 0.25) is 5.02 Å². The van der Waals surface area contributed by atoms with Crippen molar-refractivity contribution in [3.8, 4) is 11.4 Å². The lowest BCUT2D eigenvalue weighted by Crippen LogP contribution is -2.49. The van der Waals surface area contributed by atoms with Crippen LogP contribution in [0.4, 0.5) is 10.2 Å². The number of nitrogens with zero attached hydrogens (tertiary/aromatic N) is 4. The van der Waals surface area contributed by atoms with E-state index >= 15 is 0 Å². The molecule has 1 aliphatic rings. The number of halogens is 2. The van der Waals surface area contributed by atoms with Gasteiger partial charge >= 0.3 is 0 Å². The second kappa shape index (κ2) is 9.10. The zero-order valence-electron chi connectivity index (χ0n) is 16.4. The molecule has 2 atom stereocenters. The Morgan fingerprint density at radius 2 is 2.32 bits per heavy atom. The first-order valence-corrected chi connectivity index (χ1v) is 10.0. The molecule has 0 aliphatic carbocycles. The molecule has 3 aromatic rings. The minimum atomic E-state index is -1.34. The first-order chi connectivity index (χ1) is 15.0. The minimum absolute atomic E-state index is 0.0273. The van der Waals surface area contributed by atoms with Gasteiger partial charge in [-0.1, -0.05) is 11.6 Å². The number of fused-ring (bicyclic) bond motifs is 1. The molecule has 5 N–H and O–H groups in total. The second-order valence-corrected chi connectivity index (χ2v) is 7.70. The number of aliphatic hydroxyl groups is 1. The van der Waals surface area contributed by atoms with Crippen molar-refractivity contribution in [2.75, 3.05) is 25.0 Å². The number of aromatic nitrogens is 4. The van der Waals surface area contributed by atoms with Crippen molar-refractivity contribution >= 4 is 34.4 Å². The number of aliphatic hydroxyl groups excluding tert-OH is 1. The Balaban J connectivity index is 1.54. The summed E-state index contributed by atoms with van der Waals surface area (Å²) in [5.74, 6) is 4.17. The highest BCUT2D eigenvalue weighted by Crippen LogP contribution is 2.28. The van der Waals surface area contributed by atoms with E-state index in [1.165, 1.54) is 11.1 Å². The van der Waals surface area contributed by atoms with Gasteiger partial charge in [0.2, 0.25) is 0 Å². The van der Waals surface area contributed by atoms with Crippen molar-refractivity contribution in [3.05, 3.63) is 35.5 Å². The lowest BCUT2D eigenvalue weighted by atomic mass is 10.0. The van der Waals surface area contributed by atoms with Gasteiger partial charge in [-0.2, -0.15) is 0 Å². The summed E-state index contributed by atoms with van der Waals surface area (Å²) in [7, 11) is 0. The number of carbonyl (C=O) groups is 1. The number of piperidine rings is 1. The summed E-state index contributed by atoms with van der Waals surface area (Å²) in [5, 5.41) is 14.1. The predicted octanol–water partition coefficient (Wildman–Crippen LogP) is 1.47. The van der Waals surface area contributed by atoms with E-state index in [4.69, 9.17) is 17.5 Å². The van der Waals surface area contributed by atoms with Crippen molar-refractivity contribution < 1.29 is 19.1 Å². The molecule has 1 unspecified atom stereocenters. The van der Waals surface area contributed by atoms with Crippen LogP contribution in [-0.4, -0.2) is 67.7 Å². The van der Waals surface area contributed by atoms with Gasteiger partial charge in [0.15, 0.2) is 23.6 Å². The molecule has 0 spiro atoms. The third-order valence-electron chi connectivity index (χ3n) is 5.10. The maximum absolute atomic E-state index is 14.4. The molecule has 1 saturated heterocycles. The van der Waals surface area contributed by atoms with E-state index in [9.17, 15) is 14.3 Å². The number of carbonyl (C=O) groups excluding carboxylic acids is 1. The summed E-state index contributed by atoms with van der Waals surface area (Å²) >= 11 is 6.05. The smallest absolute Gasteiger partial charge is 0.253 e. The molecule has 0 aromatic carbocycles. The van der Waals surface area contributed by atoms with Gasteiger partial charge in [0, 0.05) is 42.5 Å². The van der Waals surface area contributed by atoms with Gasteiger partial charge in [-0.25, -0.2) is 25.2 Å². The van der Waals surface area contributed by atoms with Crippen LogP contribution in [0.5, 0.6) is 0 Å². The number of amides is 1. The fourth-order valence-electron chi connectivity index (χ4n) is 3.62. The fourth-order valence-corrected chi connectivity index (χ4v) is 3.78. The summed E-state index contributed by atoms with van der Waals surface area (Å²) in [6.45, 7) is 0.478. The van der Waals surface area contributed by atoms with Crippen LogP contribution in [0.1, 0.15) is 12.8 Å². The third kappa shape index (κ3) is 4.59. The van der Waals surface area contributed by atoms with E-state index in [0.29, 0.717) is 41.4 Å². The summed E-state index contributed by atoms with van der Waals surface area (Å²) < 4.78 is 14.4. The topological polar surface area (TPSA) is 142 Å². The summed E-state index contributed by atoms with van der Waals surface area (Å²) in [6, 6.07) is 1.48. The quantitative estimate of drug-likeness (QED) is 0.414. The summed E-state index contributed by atoms with van der Waals surface area (Å²) in [4.78, 5) is 33.8. The highest BCUT2D eigenvalue weighted by molar-refractivity contribution is 6.31. The molecule has 12 heteroatoms. The van der Waals surface area contributed by atoms with Gasteiger partial charge < -0.3 is 25.1 Å². The standard InChI is InChI=1S/C19H21ClFN7O3/c20-10-4-12-13(6-24-16(12)23-5-10)17-25-7-14(21)18(27-17)26-11-2-1-3-28(8-11)19(30)15(29)9-31-22/h4-7,11,15,29H,1-3,8-9,22H2,(H,23,24)(H,25,26,27)/t11-,15?/m0/s1. The molecular formula is C19H21ClFN7O3. The molecule has 0 saturated carbocycles. The number of nitrogens with one attached hydrogen (secondary N) is 2. The molecule has 0 bridgehead atoms. The molecule has 1 fully saturated rings. The molecule has 1 aliphatic heterocycles. The van der Waals surface area contributed by atoms with E-state index in [0.717, 1.165) is 11.6 Å². The van der Waals surface area contributed by atoms with Gasteiger partial charge in [-0.3, -0.25) is 4.79 Å². The molecule has 1 amide bonds. The van der Waals surface area contributed by atoms with Gasteiger partial charge in [0.25, 0.3) is 5.91 Å². The number of hydrogen-bond donors (Lipinski definition) is 4. The Kier molecular flexibility index (Phi) is 6.28. The first kappa shape index (κ1) is 21.4. The van der Waals surface area contributed by atoms with E-state index < -0.39 is 17.8 Å². The van der Waals surface area contributed by atoms with E-state index in [-0.39, 0.29) is 25.0 Å². The number of likely N-dealkylation sites (tertiary alicyclic amines) is 1. The van der Waals surface area contributed by atoms with Gasteiger partial charge in [0.1, 0.15) is 12.3 Å². The molecule has 0 radical (unpaired) electrons. The average molecular weight is 450 g/mol. The summed E-state index contributed by atoms with van der Waals surface area (Å²) in [6.07, 6.45) is 4.36. The van der Waals surface area contributed by atoms with Gasteiger partial charge in [-0.15, -0.1) is 0 Å². The Hall–Kier alpha value is -2.86. The predicted molar refractivity (Wildman–Crippen MR) is 111 cm³/mol. The van der Waals surface area contributed by atoms with Crippen LogP contribution in [0.25, 0.3) is 22.4 Å². The molecule has 164 valence electrons. The maximum Gasteiger partial charge on any atom is 0.253 e. The molecule has 4 rings (SSSR count). The van der Waals surface area contributed by atoms with E-state index in [1.54, 1.807) is 12.3 Å². The van der Waals surface area contributed by atoms with Gasteiger partial charge in [-0.05, 0) is 18.9 Å². The Bertz CT molecular complexity index is 1100. The minimum Gasteiger partial charge on any atom is -0.381 e. The number of hydrogen-bond acceptors (Lipinski definition) is 8. The van der Waals surface area contributed by atoms with Crippen molar-refractivity contribution in [2.24, 2.45) is 5.90 Å². The van der Waals surface area contributed by atoms with Crippen LogP contribution in [0.3, 0.4) is 0 Å². The lowest BCUT2D eigenvalue weighted by Gasteiger charge is -2.34. The van der Waals surface area contributed by atoms with Crippen LogP contribution in [0, 0.1) is 5.82 Å². The number of anilines is 1. The average Bonchev–Trinajstić information content (AvgIpc) is 3.18. The highest BCUT2D eigenvalue weighted by Gasteiger charge is 2.28. The number of rotatable bonds is 6. The fraction of sp³-hybridized carbons (Fsp3) is 0.368. The molecule has 3 aromatic heterocycles. The largest absolute Gasteiger partial charge is 0.381 e. The van der Waals surface area contributed by atoms with Crippen LogP contribution >= 0.6 is 11.6 Å². The highest BCUT2D eigenvalue weighted by atomic mass is 35.5. The third-order valence-corrected chi connectivity index (χ3v) is 5.30. The van der Waals surface area contributed by atoms with E-state index in [1.807, 2.05) is 0 Å². The Labute approximate surface area is 181 Å². The molecule has 10 nitrogen and oxygen atoms in total. The number of nitrogens with two attached hydrogens (primary N) is 1. The maximum atomic E-state index is 14.4. The van der Waals surface area contributed by atoms with Crippen LogP contribution < -0.4 is 11.2 Å². The van der Waals surface area contributed by atoms with Gasteiger partial charge in [0.05, 0.1) is 11.2 Å². The normalized spacial score (nSPS) is 17.7. The zero-order chi connectivity index (χ0) is 22.0. The van der Waals surface area contributed by atoms with Crippen molar-refractivity contribution in [1.29, 1.82) is 0 Å². The van der Waals surface area contributed by atoms with Crippen molar-refractivity contribution in [3.63, 3.8) is 0 Å². The number of pyridine rings is 1. The van der Waals surface area contributed by atoms with E-state index in [2.05, 4.69) is 30.1 Å². The second-order valence-electron chi connectivity index (χ2n) is 7.26. The monoisotopic (exact) mass is 449 g/mol. The molecule has 31 heavy (non-hydrogen) atoms. The van der Waals surface area contributed by atoms with Crippen molar-refractivity contribution in [1.82, 2.24) is 24.8 Å². The van der Waals surface area contributed by atoms with Crippen LogP contribution in [0.15, 0.2) is 24.7 Å². The Morgan fingerprint density at radius 3 is 3.13 bits per heavy atom. The number of aromatic amines is 1. The zero-order valence-corrected chi connectivity index (χ0v) is 17.1. The van der Waals surface area contributed by atoms with Crippen LogP contribution in [-0.2, 0) is 9.63 Å². The Morgan fingerprint density at radius 1 is 1.48 bits per heavy atom. The molecule has 4 heterocycles. The summed E-state index contributed by atoms with van der Waals surface area (Å²) in [5.41, 5.74) is 1.25. The first-order valence-electron chi connectivity index (χ1n) is 9.67. The number of H-pyrrole nitrogens is 1. The van der Waals surface area contributed by atoms with Crippen molar-refractivity contribution in [2.45, 2.75) is 25.0 Å². The molecular weight excluding hydrogens is 429 g/mol. The SMILES string of the molecule is NOCC(O)C(=O)N1CCC[C@H](Nc2nc(-c3c[nH]c4ncc(Cl)cc34)ncc2F)C1. The lowest BCUT2D eigenvalue weighted by molar-refractivity contribution is -0.144.